The highest BCUT2D eigenvalue weighted by Gasteiger charge is 2.15. The zero-order valence-electron chi connectivity index (χ0n) is 15.9. The van der Waals surface area contributed by atoms with E-state index in [-0.39, 0.29) is 0 Å². The van der Waals surface area contributed by atoms with Crippen LogP contribution >= 0.6 is 11.3 Å². The second kappa shape index (κ2) is 8.06. The maximum Gasteiger partial charge on any atom is 0.194 e. The molecule has 3 aromatic heterocycles. The smallest absolute Gasteiger partial charge is 0.194 e. The molecule has 0 bridgehead atoms. The quantitative estimate of drug-likeness (QED) is 0.458. The van der Waals surface area contributed by atoms with Crippen LogP contribution < -0.4 is 0 Å². The maximum atomic E-state index is 4.71. The molecule has 3 heterocycles. The molecule has 4 aromatic rings. The molecule has 4 rings (SSSR count). The molecule has 27 heavy (non-hydrogen) atoms. The summed E-state index contributed by atoms with van der Waals surface area (Å²) in [5, 5.41) is 2.11. The molecular formula is C21H25N5S. The van der Waals surface area contributed by atoms with Crippen LogP contribution in [-0.2, 0) is 19.6 Å². The molecule has 0 atom stereocenters. The van der Waals surface area contributed by atoms with Gasteiger partial charge in [-0.05, 0) is 31.4 Å². The summed E-state index contributed by atoms with van der Waals surface area (Å²) in [5.74, 6) is 0. The highest BCUT2D eigenvalue weighted by molar-refractivity contribution is 7.15. The first-order valence-electron chi connectivity index (χ1n) is 9.34. The van der Waals surface area contributed by atoms with Crippen molar-refractivity contribution >= 4 is 16.3 Å². The first kappa shape index (κ1) is 17.9. The number of thiazole rings is 1. The number of nitrogens with zero attached hydrogens (tertiary/aromatic N) is 5. The van der Waals surface area contributed by atoms with Crippen LogP contribution in [0.15, 0.2) is 54.6 Å². The van der Waals surface area contributed by atoms with Crippen molar-refractivity contribution in [1.82, 2.24) is 23.8 Å². The molecular weight excluding hydrogens is 354 g/mol. The lowest BCUT2D eigenvalue weighted by Gasteiger charge is -2.23. The molecule has 0 N–H and O–H groups in total. The Hall–Kier alpha value is -2.44. The third-order valence-corrected chi connectivity index (χ3v) is 5.80. The maximum absolute atomic E-state index is 4.71. The predicted octanol–water partition coefficient (Wildman–Crippen LogP) is 4.30. The first-order valence-corrected chi connectivity index (χ1v) is 10.2. The summed E-state index contributed by atoms with van der Waals surface area (Å²) < 4.78 is 4.38. The normalized spacial score (nSPS) is 11.7. The van der Waals surface area contributed by atoms with Crippen LogP contribution in [0.4, 0.5) is 0 Å². The van der Waals surface area contributed by atoms with E-state index in [0.29, 0.717) is 0 Å². The number of fused-ring (bicyclic) bond motifs is 1. The molecule has 0 unspecified atom stereocenters. The average Bonchev–Trinajstić information content (AvgIpc) is 3.37. The van der Waals surface area contributed by atoms with Crippen LogP contribution in [0.3, 0.4) is 0 Å². The van der Waals surface area contributed by atoms with E-state index in [1.807, 2.05) is 18.7 Å². The van der Waals surface area contributed by atoms with Gasteiger partial charge in [0.25, 0.3) is 0 Å². The minimum Gasteiger partial charge on any atom is -0.337 e. The van der Waals surface area contributed by atoms with E-state index in [2.05, 4.69) is 68.5 Å². The molecule has 0 aliphatic heterocycles. The lowest BCUT2D eigenvalue weighted by Crippen LogP contribution is -2.26. The molecule has 5 nitrogen and oxygen atoms in total. The number of hydrogen-bond acceptors (Lipinski definition) is 4. The van der Waals surface area contributed by atoms with Crippen LogP contribution in [0, 0.1) is 13.8 Å². The molecule has 0 fully saturated rings. The fourth-order valence-corrected chi connectivity index (χ4v) is 4.26. The standard InChI is InChI=1S/C21H25N5S/c1-17-6-3-4-7-19(17)14-25(10-5-9-24-11-8-22-16-24)15-20-18(2)23-21-26(20)12-13-27-21/h3-4,6-8,11-13,16H,5,9-10,14-15H2,1-2H3. The molecule has 0 aliphatic carbocycles. The summed E-state index contributed by atoms with van der Waals surface area (Å²) in [4.78, 5) is 12.5. The van der Waals surface area contributed by atoms with Gasteiger partial charge in [-0.2, -0.15) is 0 Å². The first-order chi connectivity index (χ1) is 13.2. The topological polar surface area (TPSA) is 38.4 Å². The Labute approximate surface area is 163 Å². The molecule has 0 radical (unpaired) electrons. The molecule has 1 aromatic carbocycles. The number of imidazole rings is 2. The predicted molar refractivity (Wildman–Crippen MR) is 110 cm³/mol. The Morgan fingerprint density at radius 1 is 1.11 bits per heavy atom. The monoisotopic (exact) mass is 379 g/mol. The highest BCUT2D eigenvalue weighted by atomic mass is 32.1. The Balaban J connectivity index is 1.52. The van der Waals surface area contributed by atoms with E-state index in [0.717, 1.165) is 43.3 Å². The van der Waals surface area contributed by atoms with Crippen molar-refractivity contribution in [3.05, 3.63) is 77.1 Å². The van der Waals surface area contributed by atoms with Gasteiger partial charge in [-0.15, -0.1) is 11.3 Å². The summed E-state index contributed by atoms with van der Waals surface area (Å²) in [7, 11) is 0. The number of benzene rings is 1. The van der Waals surface area contributed by atoms with Crippen molar-refractivity contribution in [2.75, 3.05) is 6.54 Å². The van der Waals surface area contributed by atoms with E-state index in [4.69, 9.17) is 4.98 Å². The minimum absolute atomic E-state index is 0.905. The zero-order valence-corrected chi connectivity index (χ0v) is 16.7. The molecule has 0 aliphatic rings. The Morgan fingerprint density at radius 2 is 2.00 bits per heavy atom. The fourth-order valence-electron chi connectivity index (χ4n) is 3.48. The van der Waals surface area contributed by atoms with E-state index in [9.17, 15) is 0 Å². The zero-order chi connectivity index (χ0) is 18.6. The lowest BCUT2D eigenvalue weighted by atomic mass is 10.1. The van der Waals surface area contributed by atoms with Crippen molar-refractivity contribution in [3.8, 4) is 0 Å². The van der Waals surface area contributed by atoms with Gasteiger partial charge in [0, 0.05) is 50.1 Å². The van der Waals surface area contributed by atoms with Crippen molar-refractivity contribution in [2.45, 2.75) is 39.9 Å². The van der Waals surface area contributed by atoms with Crippen molar-refractivity contribution in [2.24, 2.45) is 0 Å². The van der Waals surface area contributed by atoms with Crippen molar-refractivity contribution in [1.29, 1.82) is 0 Å². The minimum atomic E-state index is 0.905. The van der Waals surface area contributed by atoms with Crippen molar-refractivity contribution in [3.63, 3.8) is 0 Å². The summed E-state index contributed by atoms with van der Waals surface area (Å²) in [6.45, 7) is 8.19. The van der Waals surface area contributed by atoms with E-state index in [1.165, 1.54) is 16.8 Å². The van der Waals surface area contributed by atoms with Crippen molar-refractivity contribution < 1.29 is 0 Å². The highest BCUT2D eigenvalue weighted by Crippen LogP contribution is 2.20. The molecule has 0 saturated carbocycles. The Morgan fingerprint density at radius 3 is 2.81 bits per heavy atom. The van der Waals surface area contributed by atoms with Gasteiger partial charge < -0.3 is 4.57 Å². The van der Waals surface area contributed by atoms with Crippen LogP contribution in [-0.4, -0.2) is 30.4 Å². The number of aromatic nitrogens is 4. The van der Waals surface area contributed by atoms with E-state index < -0.39 is 0 Å². The van der Waals surface area contributed by atoms with Gasteiger partial charge in [-0.25, -0.2) is 9.97 Å². The number of rotatable bonds is 8. The number of hydrogen-bond donors (Lipinski definition) is 0. The Kier molecular flexibility index (Phi) is 5.36. The van der Waals surface area contributed by atoms with Crippen LogP contribution in [0.2, 0.25) is 0 Å². The largest absolute Gasteiger partial charge is 0.337 e. The number of aryl methyl sites for hydroxylation is 3. The molecule has 0 spiro atoms. The van der Waals surface area contributed by atoms with E-state index >= 15 is 0 Å². The summed E-state index contributed by atoms with van der Waals surface area (Å²) in [6.07, 6.45) is 8.98. The average molecular weight is 380 g/mol. The van der Waals surface area contributed by atoms with Crippen LogP contribution in [0.1, 0.15) is 28.9 Å². The van der Waals surface area contributed by atoms with Gasteiger partial charge in [0.15, 0.2) is 4.96 Å². The lowest BCUT2D eigenvalue weighted by molar-refractivity contribution is 0.244. The molecule has 6 heteroatoms. The van der Waals surface area contributed by atoms with Crippen LogP contribution in [0.5, 0.6) is 0 Å². The fraction of sp³-hybridized carbons (Fsp3) is 0.333. The third-order valence-electron chi connectivity index (χ3n) is 5.04. The second-order valence-corrected chi connectivity index (χ2v) is 7.86. The third kappa shape index (κ3) is 4.12. The molecule has 140 valence electrons. The van der Waals surface area contributed by atoms with E-state index in [1.54, 1.807) is 11.3 Å². The van der Waals surface area contributed by atoms with Gasteiger partial charge in [-0.3, -0.25) is 9.30 Å². The Bertz CT molecular complexity index is 999. The van der Waals surface area contributed by atoms with Crippen LogP contribution in [0.25, 0.3) is 4.96 Å². The summed E-state index contributed by atoms with van der Waals surface area (Å²) in [6, 6.07) is 8.67. The summed E-state index contributed by atoms with van der Waals surface area (Å²) in [5.41, 5.74) is 5.17. The van der Waals surface area contributed by atoms with Gasteiger partial charge in [0.1, 0.15) is 0 Å². The van der Waals surface area contributed by atoms with Gasteiger partial charge in [-0.1, -0.05) is 24.3 Å². The van der Waals surface area contributed by atoms with Gasteiger partial charge in [0.05, 0.1) is 17.7 Å². The SMILES string of the molecule is Cc1ccccc1CN(CCCn1ccnc1)Cc1c(C)nc2sccn12. The van der Waals surface area contributed by atoms with Gasteiger partial charge >= 0.3 is 0 Å². The second-order valence-electron chi connectivity index (χ2n) is 6.99. The van der Waals surface area contributed by atoms with Gasteiger partial charge in [0.2, 0.25) is 0 Å². The molecule has 0 saturated heterocycles. The summed E-state index contributed by atoms with van der Waals surface area (Å²) >= 11 is 1.70. The molecule has 0 amide bonds.